The maximum absolute atomic E-state index is 10.0. The summed E-state index contributed by atoms with van der Waals surface area (Å²) in [4.78, 5) is 10.0. The molecule has 0 aliphatic heterocycles. The maximum atomic E-state index is 10.0. The van der Waals surface area contributed by atoms with Crippen LogP contribution in [0.4, 0.5) is 0 Å². The van der Waals surface area contributed by atoms with Crippen molar-refractivity contribution in [3.8, 4) is 0 Å². The number of carboxylic acid groups (broad SMARTS) is 1. The minimum absolute atomic E-state index is 0.282. The van der Waals surface area contributed by atoms with Crippen molar-refractivity contribution in [3.63, 3.8) is 0 Å². The number of hydrogen-bond acceptors (Lipinski definition) is 4. The highest BCUT2D eigenvalue weighted by molar-refractivity contribution is 5.64. The summed E-state index contributed by atoms with van der Waals surface area (Å²) >= 11 is 0. The topological polar surface area (TPSA) is 80.6 Å². The van der Waals surface area contributed by atoms with Crippen LogP contribution in [0.1, 0.15) is 39.0 Å². The van der Waals surface area contributed by atoms with E-state index in [2.05, 4.69) is 6.92 Å². The largest absolute Gasteiger partial charge is 0.550 e. The second-order valence-corrected chi connectivity index (χ2v) is 5.49. The first-order valence-corrected chi connectivity index (χ1v) is 6.52. The number of aliphatic hydroxyl groups excluding tert-OH is 2. The quantitative estimate of drug-likeness (QED) is 0.467. The molecule has 18 heavy (non-hydrogen) atoms. The van der Waals surface area contributed by atoms with Crippen LogP contribution in [0.15, 0.2) is 0 Å². The van der Waals surface area contributed by atoms with E-state index in [9.17, 15) is 9.90 Å². The Labute approximate surface area is 111 Å². The number of rotatable bonds is 8. The molecule has 110 valence electrons. The first kappa shape index (κ1) is 19.7. The average Bonchev–Trinajstić information content (AvgIpc) is 2.15. The molecule has 0 fully saturated rings. The van der Waals surface area contributed by atoms with E-state index in [1.54, 1.807) is 0 Å². The van der Waals surface area contributed by atoms with Gasteiger partial charge in [0.15, 0.2) is 0 Å². The smallest absolute Gasteiger partial charge is 0.108 e. The number of carboxylic acids is 1. The van der Waals surface area contributed by atoms with E-state index in [-0.39, 0.29) is 6.42 Å². The normalized spacial score (nSPS) is 12.6. The fourth-order valence-electron chi connectivity index (χ4n) is 1.43. The molecule has 0 aliphatic rings. The molecular weight excluding hydrogens is 234 g/mol. The van der Waals surface area contributed by atoms with Crippen LogP contribution in [-0.2, 0) is 4.79 Å². The van der Waals surface area contributed by atoms with Crippen LogP contribution >= 0.6 is 0 Å². The molecule has 0 aromatic heterocycles. The van der Waals surface area contributed by atoms with Gasteiger partial charge in [0.25, 0.3) is 0 Å². The summed E-state index contributed by atoms with van der Waals surface area (Å²) in [7, 11) is 5.66. The van der Waals surface area contributed by atoms with Crippen LogP contribution in [0.5, 0.6) is 0 Å². The molecule has 0 heterocycles. The third-order valence-corrected chi connectivity index (χ3v) is 2.17. The Morgan fingerprint density at radius 2 is 1.78 bits per heavy atom. The van der Waals surface area contributed by atoms with Gasteiger partial charge in [-0.1, -0.05) is 26.2 Å². The minimum atomic E-state index is -1.20. The number of carbonyl (C=O) groups excluding carboxylic acids is 1. The summed E-state index contributed by atoms with van der Waals surface area (Å²) < 4.78 is 0.550. The molecule has 5 heteroatoms. The van der Waals surface area contributed by atoms with Crippen molar-refractivity contribution in [1.29, 1.82) is 0 Å². The van der Waals surface area contributed by atoms with Crippen molar-refractivity contribution in [2.45, 2.75) is 45.1 Å². The predicted molar refractivity (Wildman–Crippen MR) is 69.8 cm³/mol. The van der Waals surface area contributed by atoms with Gasteiger partial charge in [0.2, 0.25) is 0 Å². The lowest BCUT2D eigenvalue weighted by Crippen LogP contribution is -2.43. The van der Waals surface area contributed by atoms with Crippen LogP contribution in [0, 0.1) is 0 Å². The average molecular weight is 263 g/mol. The zero-order chi connectivity index (χ0) is 14.6. The highest BCUT2D eigenvalue weighted by Gasteiger charge is 2.14. The third-order valence-electron chi connectivity index (χ3n) is 2.17. The second kappa shape index (κ2) is 11.4. The van der Waals surface area contributed by atoms with Gasteiger partial charge in [-0.2, -0.15) is 0 Å². The summed E-state index contributed by atoms with van der Waals surface area (Å²) in [6.07, 6.45) is 3.59. The first-order chi connectivity index (χ1) is 8.22. The third kappa shape index (κ3) is 20.7. The van der Waals surface area contributed by atoms with Gasteiger partial charge in [0, 0.05) is 19.0 Å². The van der Waals surface area contributed by atoms with E-state index < -0.39 is 12.1 Å². The molecule has 1 atom stereocenters. The van der Waals surface area contributed by atoms with Crippen molar-refractivity contribution in [3.05, 3.63) is 0 Å². The molecule has 0 radical (unpaired) electrons. The van der Waals surface area contributed by atoms with Gasteiger partial charge in [0.1, 0.15) is 12.6 Å². The predicted octanol–water partition coefficient (Wildman–Crippen LogP) is -0.247. The van der Waals surface area contributed by atoms with E-state index in [4.69, 9.17) is 10.2 Å². The number of unbranched alkanes of at least 4 members (excludes halogenated alkanes) is 3. The molecule has 0 saturated carbocycles. The monoisotopic (exact) mass is 263 g/mol. The zero-order valence-corrected chi connectivity index (χ0v) is 12.2. The number of hydrogen-bond donors (Lipinski definition) is 2. The molecular formula is C13H29NO4. The standard InChI is InChI=1S/C7H15NO3.C6H14O/c1-8(2,3)5-6(9)4-7(10)11;1-2-3-4-5-6-7/h6,9H,4-5H2,1-3H3;7H,2-6H2,1H3. The maximum Gasteiger partial charge on any atom is 0.108 e. The van der Waals surface area contributed by atoms with Gasteiger partial charge < -0.3 is 24.6 Å². The van der Waals surface area contributed by atoms with Crippen molar-refractivity contribution < 1.29 is 24.6 Å². The van der Waals surface area contributed by atoms with E-state index in [0.29, 0.717) is 17.6 Å². The number of likely N-dealkylation sites (N-methyl/N-ethyl adjacent to an activating group) is 1. The SMILES string of the molecule is CCCCCCO.C[N+](C)(C)CC(O)CC(=O)[O-]. The molecule has 0 aromatic rings. The lowest BCUT2D eigenvalue weighted by Gasteiger charge is -2.26. The molecule has 2 N–H and O–H groups in total. The number of aliphatic carboxylic acids is 1. The highest BCUT2D eigenvalue weighted by Crippen LogP contribution is 1.97. The molecule has 5 nitrogen and oxygen atoms in total. The van der Waals surface area contributed by atoms with Gasteiger partial charge in [-0.15, -0.1) is 0 Å². The van der Waals surface area contributed by atoms with Crippen LogP contribution in [0.25, 0.3) is 0 Å². The summed E-state index contributed by atoms with van der Waals surface area (Å²) in [6, 6.07) is 0. The number of quaternary nitrogens is 1. The summed E-state index contributed by atoms with van der Waals surface area (Å²) in [5, 5.41) is 27.4. The molecule has 0 spiro atoms. The molecule has 0 saturated heterocycles. The van der Waals surface area contributed by atoms with Gasteiger partial charge in [-0.05, 0) is 6.42 Å². The number of nitrogens with zero attached hydrogens (tertiary/aromatic N) is 1. The highest BCUT2D eigenvalue weighted by atomic mass is 16.4. The summed E-state index contributed by atoms with van der Waals surface area (Å²) in [5.74, 6) is -1.20. The Balaban J connectivity index is 0. The van der Waals surface area contributed by atoms with E-state index in [1.807, 2.05) is 21.1 Å². The van der Waals surface area contributed by atoms with E-state index >= 15 is 0 Å². The Kier molecular flexibility index (Phi) is 12.5. The van der Waals surface area contributed by atoms with Gasteiger partial charge >= 0.3 is 0 Å². The molecule has 0 amide bonds. The Morgan fingerprint density at radius 3 is 2.11 bits per heavy atom. The zero-order valence-electron chi connectivity index (χ0n) is 12.2. The van der Waals surface area contributed by atoms with Gasteiger partial charge in [-0.25, -0.2) is 0 Å². The molecule has 0 rings (SSSR count). The number of aliphatic hydroxyl groups is 2. The van der Waals surface area contributed by atoms with Crippen molar-refractivity contribution in [2.24, 2.45) is 0 Å². The van der Waals surface area contributed by atoms with Crippen molar-refractivity contribution in [2.75, 3.05) is 34.3 Å². The summed E-state index contributed by atoms with van der Waals surface area (Å²) in [5.41, 5.74) is 0. The summed E-state index contributed by atoms with van der Waals surface area (Å²) in [6.45, 7) is 2.95. The molecule has 0 aliphatic carbocycles. The van der Waals surface area contributed by atoms with E-state index in [0.717, 1.165) is 6.42 Å². The fourth-order valence-corrected chi connectivity index (χ4v) is 1.43. The van der Waals surface area contributed by atoms with Gasteiger partial charge in [-0.3, -0.25) is 0 Å². The molecule has 0 bridgehead atoms. The first-order valence-electron chi connectivity index (χ1n) is 6.52. The minimum Gasteiger partial charge on any atom is -0.550 e. The van der Waals surface area contributed by atoms with Gasteiger partial charge in [0.05, 0.1) is 21.1 Å². The second-order valence-electron chi connectivity index (χ2n) is 5.49. The lowest BCUT2D eigenvalue weighted by molar-refractivity contribution is -0.873. The van der Waals surface area contributed by atoms with Crippen LogP contribution in [0.3, 0.4) is 0 Å². The number of carbonyl (C=O) groups is 1. The van der Waals surface area contributed by atoms with Crippen LogP contribution < -0.4 is 5.11 Å². The van der Waals surface area contributed by atoms with Crippen LogP contribution in [0.2, 0.25) is 0 Å². The lowest BCUT2D eigenvalue weighted by atomic mass is 10.2. The van der Waals surface area contributed by atoms with Crippen LogP contribution in [-0.4, -0.2) is 61.1 Å². The Bertz CT molecular complexity index is 198. The molecule has 1 unspecified atom stereocenters. The van der Waals surface area contributed by atoms with Crippen molar-refractivity contribution in [1.82, 2.24) is 0 Å². The Morgan fingerprint density at radius 1 is 1.22 bits per heavy atom. The molecule has 0 aromatic carbocycles. The van der Waals surface area contributed by atoms with Crippen molar-refractivity contribution >= 4 is 5.97 Å². The Hall–Kier alpha value is -0.650. The van der Waals surface area contributed by atoms with E-state index in [1.165, 1.54) is 19.3 Å². The fraction of sp³-hybridized carbons (Fsp3) is 0.923.